The van der Waals surface area contributed by atoms with Gasteiger partial charge in [0.15, 0.2) is 11.7 Å². The average molecular weight is 537 g/mol. The van der Waals surface area contributed by atoms with E-state index >= 15 is 0 Å². The van der Waals surface area contributed by atoms with E-state index < -0.39 is 17.9 Å². The third-order valence-electron chi connectivity index (χ3n) is 4.37. The fourth-order valence-corrected chi connectivity index (χ4v) is 4.60. The van der Waals surface area contributed by atoms with E-state index in [0.29, 0.717) is 27.7 Å². The first kappa shape index (κ1) is 23.9. The molecule has 1 aromatic carbocycles. The molecule has 0 saturated carbocycles. The first-order valence-corrected chi connectivity index (χ1v) is 11.7. The first-order valence-electron chi connectivity index (χ1n) is 9.62. The smallest absolute Gasteiger partial charge is 0.338 e. The number of nitrogens with one attached hydrogen (secondary N) is 3. The second kappa shape index (κ2) is 11.2. The number of hydrazone groups is 1. The van der Waals surface area contributed by atoms with Crippen LogP contribution in [0.1, 0.15) is 30.3 Å². The van der Waals surface area contributed by atoms with Crippen LogP contribution in [-0.4, -0.2) is 36.4 Å². The number of thiocarbonyl (C=S) groups is 1. The fraction of sp³-hybridized carbons (Fsp3) is 0.238. The van der Waals surface area contributed by atoms with Crippen LogP contribution >= 0.6 is 39.5 Å². The van der Waals surface area contributed by atoms with Crippen molar-refractivity contribution in [3.8, 4) is 5.75 Å². The molecule has 0 spiro atoms. The Kier molecular flexibility index (Phi) is 8.37. The number of carbonyl (C=O) groups is 2. The molecule has 0 bridgehead atoms. The molecule has 11 heteroatoms. The minimum atomic E-state index is -0.587. The van der Waals surface area contributed by atoms with Crippen LogP contribution in [0.25, 0.3) is 0 Å². The van der Waals surface area contributed by atoms with Gasteiger partial charge in [0.1, 0.15) is 5.75 Å². The molecule has 1 aliphatic rings. The highest BCUT2D eigenvalue weighted by Crippen LogP contribution is 2.33. The van der Waals surface area contributed by atoms with Gasteiger partial charge in [-0.05, 0) is 59.5 Å². The molecular weight excluding hydrogens is 516 g/mol. The number of allylic oxidation sites excluding steroid dienone is 1. The lowest BCUT2D eigenvalue weighted by Crippen LogP contribution is -2.45. The maximum Gasteiger partial charge on any atom is 0.338 e. The Hall–Kier alpha value is -2.76. The second-order valence-electron chi connectivity index (χ2n) is 6.54. The summed E-state index contributed by atoms with van der Waals surface area (Å²) in [6.07, 6.45) is 1.56. The predicted molar refractivity (Wildman–Crippen MR) is 131 cm³/mol. The zero-order valence-corrected chi connectivity index (χ0v) is 20.5. The molecule has 168 valence electrons. The highest BCUT2D eigenvalue weighted by Gasteiger charge is 2.32. The summed E-state index contributed by atoms with van der Waals surface area (Å²) in [6, 6.07) is 8.43. The van der Waals surface area contributed by atoms with Crippen molar-refractivity contribution in [1.82, 2.24) is 16.1 Å². The van der Waals surface area contributed by atoms with E-state index in [1.807, 2.05) is 17.5 Å². The highest BCUT2D eigenvalue weighted by molar-refractivity contribution is 9.10. The summed E-state index contributed by atoms with van der Waals surface area (Å²) in [4.78, 5) is 25.7. The van der Waals surface area contributed by atoms with Gasteiger partial charge in [-0.25, -0.2) is 10.2 Å². The molecule has 0 aliphatic carbocycles. The van der Waals surface area contributed by atoms with Gasteiger partial charge in [-0.1, -0.05) is 18.2 Å². The van der Waals surface area contributed by atoms with Crippen LogP contribution in [0, 0.1) is 0 Å². The molecule has 0 saturated heterocycles. The summed E-state index contributed by atoms with van der Waals surface area (Å²) in [7, 11) is 0. The Bertz CT molecular complexity index is 1080. The van der Waals surface area contributed by atoms with E-state index in [0.717, 1.165) is 9.35 Å². The van der Waals surface area contributed by atoms with Gasteiger partial charge in [-0.15, -0.1) is 11.3 Å². The second-order valence-corrected chi connectivity index (χ2v) is 8.75. The fourth-order valence-electron chi connectivity index (χ4n) is 2.99. The molecular formula is C21H21BrN4O4S2. The Morgan fingerprint density at radius 3 is 2.84 bits per heavy atom. The van der Waals surface area contributed by atoms with E-state index in [2.05, 4.69) is 37.1 Å². The lowest BCUT2D eigenvalue weighted by atomic mass is 9.95. The van der Waals surface area contributed by atoms with E-state index in [4.69, 9.17) is 21.7 Å². The lowest BCUT2D eigenvalue weighted by molar-refractivity contribution is -0.139. The number of esters is 1. The molecule has 1 atom stereocenters. The molecule has 1 amide bonds. The van der Waals surface area contributed by atoms with E-state index in [9.17, 15) is 9.59 Å². The van der Waals surface area contributed by atoms with Gasteiger partial charge >= 0.3 is 5.97 Å². The molecule has 8 nitrogen and oxygen atoms in total. The van der Waals surface area contributed by atoms with Crippen LogP contribution in [-0.2, 0) is 14.3 Å². The predicted octanol–water partition coefficient (Wildman–Crippen LogP) is 3.40. The summed E-state index contributed by atoms with van der Waals surface area (Å²) in [5.41, 5.74) is 4.08. The minimum absolute atomic E-state index is 0.244. The van der Waals surface area contributed by atoms with Crippen LogP contribution in [0.3, 0.4) is 0 Å². The van der Waals surface area contributed by atoms with Crippen molar-refractivity contribution in [3.63, 3.8) is 0 Å². The third kappa shape index (κ3) is 5.93. The minimum Gasteiger partial charge on any atom is -0.483 e. The molecule has 32 heavy (non-hydrogen) atoms. The summed E-state index contributed by atoms with van der Waals surface area (Å²) >= 11 is 10.2. The number of amides is 1. The van der Waals surface area contributed by atoms with E-state index in [-0.39, 0.29) is 13.2 Å². The number of nitrogens with zero attached hydrogens (tertiary/aromatic N) is 1. The maximum absolute atomic E-state index is 12.6. The lowest BCUT2D eigenvalue weighted by Gasteiger charge is -2.30. The van der Waals surface area contributed by atoms with Gasteiger partial charge in [0, 0.05) is 15.7 Å². The van der Waals surface area contributed by atoms with Crippen molar-refractivity contribution in [3.05, 3.63) is 61.9 Å². The van der Waals surface area contributed by atoms with Gasteiger partial charge in [-0.2, -0.15) is 5.10 Å². The number of halogens is 1. The normalized spacial score (nSPS) is 15.8. The van der Waals surface area contributed by atoms with Gasteiger partial charge in [0.25, 0.3) is 5.91 Å². The summed E-state index contributed by atoms with van der Waals surface area (Å²) in [6.45, 7) is 3.49. The SMILES string of the molecule is CCOC(=O)C1=C(C)NC(=S)N[C@@H]1c1ccccc1OCC(=O)NN=Cc1sccc1Br. The maximum atomic E-state index is 12.6. The van der Waals surface area contributed by atoms with E-state index in [1.54, 1.807) is 38.3 Å². The molecule has 3 N–H and O–H groups in total. The molecule has 0 radical (unpaired) electrons. The van der Waals surface area contributed by atoms with Crippen LogP contribution in [0.5, 0.6) is 5.75 Å². The molecule has 2 heterocycles. The summed E-state index contributed by atoms with van der Waals surface area (Å²) in [5.74, 6) is -0.446. The first-order chi connectivity index (χ1) is 15.4. The Balaban J connectivity index is 1.73. The quantitative estimate of drug-likeness (QED) is 0.205. The van der Waals surface area contributed by atoms with Crippen LogP contribution in [0.2, 0.25) is 0 Å². The number of rotatable bonds is 8. The van der Waals surface area contributed by atoms with E-state index in [1.165, 1.54) is 11.3 Å². The molecule has 2 aromatic rings. The zero-order chi connectivity index (χ0) is 23.1. The van der Waals surface area contributed by atoms with Crippen molar-refractivity contribution in [2.75, 3.05) is 13.2 Å². The number of hydrogen-bond acceptors (Lipinski definition) is 7. The van der Waals surface area contributed by atoms with Gasteiger partial charge in [-0.3, -0.25) is 4.79 Å². The van der Waals surface area contributed by atoms with Gasteiger partial charge in [0.05, 0.1) is 29.3 Å². The van der Waals surface area contributed by atoms with Crippen molar-refractivity contribution in [2.24, 2.45) is 5.10 Å². The Labute approximate surface area is 203 Å². The number of ether oxygens (including phenoxy) is 2. The highest BCUT2D eigenvalue weighted by atomic mass is 79.9. The Morgan fingerprint density at radius 1 is 1.34 bits per heavy atom. The van der Waals surface area contributed by atoms with Crippen molar-refractivity contribution in [1.29, 1.82) is 0 Å². The number of para-hydroxylation sites is 1. The molecule has 3 rings (SSSR count). The molecule has 1 aromatic heterocycles. The van der Waals surface area contributed by atoms with Crippen LogP contribution in [0.15, 0.2) is 56.6 Å². The molecule has 0 fully saturated rings. The number of carbonyl (C=O) groups excluding carboxylic acids is 2. The van der Waals surface area contributed by atoms with Crippen molar-refractivity contribution < 1.29 is 19.1 Å². The topological polar surface area (TPSA) is 101 Å². The average Bonchev–Trinajstić information content (AvgIpc) is 3.16. The van der Waals surface area contributed by atoms with Crippen LogP contribution < -0.4 is 20.8 Å². The number of benzene rings is 1. The standard InChI is InChI=1S/C21H21BrN4O4S2/c1-3-29-20(28)18-12(2)24-21(31)25-19(18)13-6-4-5-7-15(13)30-11-17(27)26-23-10-16-14(22)8-9-32-16/h4-10,19H,3,11H2,1-2H3,(H,26,27)(H2,24,25,31)/t19-/m1/s1. The zero-order valence-electron chi connectivity index (χ0n) is 17.3. The third-order valence-corrected chi connectivity index (χ3v) is 6.39. The number of thiophene rings is 1. The molecule has 0 unspecified atom stereocenters. The number of hydrogen-bond donors (Lipinski definition) is 3. The molecule has 1 aliphatic heterocycles. The largest absolute Gasteiger partial charge is 0.483 e. The van der Waals surface area contributed by atoms with Crippen LogP contribution in [0.4, 0.5) is 0 Å². The van der Waals surface area contributed by atoms with Gasteiger partial charge in [0.2, 0.25) is 0 Å². The van der Waals surface area contributed by atoms with Crippen molar-refractivity contribution >= 4 is 62.7 Å². The monoisotopic (exact) mass is 536 g/mol. The van der Waals surface area contributed by atoms with Gasteiger partial charge < -0.3 is 20.1 Å². The summed E-state index contributed by atoms with van der Waals surface area (Å²) < 4.78 is 11.9. The Morgan fingerprint density at radius 2 is 2.12 bits per heavy atom. The van der Waals surface area contributed by atoms with Crippen molar-refractivity contribution in [2.45, 2.75) is 19.9 Å². The summed E-state index contributed by atoms with van der Waals surface area (Å²) in [5, 5.41) is 12.3.